The summed E-state index contributed by atoms with van der Waals surface area (Å²) in [5, 5.41) is 10.0. The van der Waals surface area contributed by atoms with Crippen LogP contribution in [0.1, 0.15) is 0 Å². The average Bonchev–Trinajstić information content (AvgIpc) is 3.10. The number of rotatable bonds is 7. The van der Waals surface area contributed by atoms with Crippen molar-refractivity contribution in [2.45, 2.75) is 0 Å². The average molecular weight is 656 g/mol. The van der Waals surface area contributed by atoms with Crippen molar-refractivity contribution in [3.05, 3.63) is 78.9 Å². The molecule has 12 heteroatoms. The number of nitrogens with zero attached hydrogens (tertiary/aromatic N) is 4. The first kappa shape index (κ1) is 31.2. The number of nitrogens with one attached hydrogen (secondary N) is 2. The van der Waals surface area contributed by atoms with Crippen LogP contribution in [0.3, 0.4) is 0 Å². The minimum absolute atomic E-state index is 0.332. The number of quaternary nitrogens is 1. The summed E-state index contributed by atoms with van der Waals surface area (Å²) < 4.78 is 22.9. The van der Waals surface area contributed by atoms with Crippen LogP contribution in [0.15, 0.2) is 78.9 Å². The Morgan fingerprint density at radius 2 is 1.17 bits per heavy atom. The molecule has 0 radical (unpaired) electrons. The highest BCUT2D eigenvalue weighted by atomic mass is 32.1. The minimum Gasteiger partial charge on any atom is -0.496 e. The van der Waals surface area contributed by atoms with E-state index in [9.17, 15) is 0 Å². The summed E-state index contributed by atoms with van der Waals surface area (Å²) in [5.41, 5.74) is 4.02. The number of fused-ring (bicyclic) bond motifs is 2. The zero-order chi connectivity index (χ0) is 32.3. The topological polar surface area (TPSA) is 90.0 Å². The Hall–Kier alpha value is -4.78. The van der Waals surface area contributed by atoms with Crippen LogP contribution in [-0.2, 0) is 0 Å². The summed E-state index contributed by atoms with van der Waals surface area (Å²) in [4.78, 5) is 11.5. The number of methoxy groups -OCH3 is 4. The highest BCUT2D eigenvalue weighted by Crippen LogP contribution is 2.36. The summed E-state index contributed by atoms with van der Waals surface area (Å²) in [6, 6.07) is 25.7. The van der Waals surface area contributed by atoms with E-state index in [0.717, 1.165) is 27.5 Å². The SMILES string of the molecule is COc1cc(OC)cc([N+]2(C(=S)Nc3cc4ccccc4nc3OC)CCN(C(=S)Nc3cc4ccccc4nc3OC)CC2)c1. The monoisotopic (exact) mass is 655 g/mol. The van der Waals surface area contributed by atoms with Crippen LogP contribution in [0, 0.1) is 0 Å². The van der Waals surface area contributed by atoms with Crippen molar-refractivity contribution in [2.75, 3.05) is 65.3 Å². The normalized spacial score (nSPS) is 14.0. The van der Waals surface area contributed by atoms with E-state index in [-0.39, 0.29) is 0 Å². The van der Waals surface area contributed by atoms with Crippen LogP contribution >= 0.6 is 24.4 Å². The van der Waals surface area contributed by atoms with Gasteiger partial charge in [-0.1, -0.05) is 36.4 Å². The predicted octanol–water partition coefficient (Wildman–Crippen LogP) is 6.23. The molecule has 6 rings (SSSR count). The number of hydrogen-bond acceptors (Lipinski definition) is 8. The molecule has 1 aliphatic heterocycles. The van der Waals surface area contributed by atoms with Gasteiger partial charge in [0, 0.05) is 41.2 Å². The molecule has 3 aromatic carbocycles. The molecule has 3 heterocycles. The molecule has 2 N–H and O–H groups in total. The second-order valence-electron chi connectivity index (χ2n) is 10.8. The summed E-state index contributed by atoms with van der Waals surface area (Å²) in [5.74, 6) is 2.30. The molecule has 0 atom stereocenters. The first-order valence-corrected chi connectivity index (χ1v) is 15.5. The van der Waals surface area contributed by atoms with Gasteiger partial charge in [0.05, 0.1) is 52.6 Å². The molecular weight excluding hydrogens is 621 g/mol. The van der Waals surface area contributed by atoms with Crippen molar-refractivity contribution in [1.29, 1.82) is 0 Å². The van der Waals surface area contributed by atoms with Crippen LogP contribution in [-0.4, -0.2) is 79.7 Å². The van der Waals surface area contributed by atoms with Crippen LogP contribution < -0.4 is 34.1 Å². The molecule has 236 valence electrons. The fourth-order valence-electron chi connectivity index (χ4n) is 5.73. The van der Waals surface area contributed by atoms with Gasteiger partial charge in [-0.15, -0.1) is 0 Å². The Kier molecular flexibility index (Phi) is 9.02. The first-order valence-electron chi connectivity index (χ1n) is 14.7. The largest absolute Gasteiger partial charge is 0.496 e. The lowest BCUT2D eigenvalue weighted by atomic mass is 10.1. The number of benzene rings is 3. The molecule has 10 nitrogen and oxygen atoms in total. The van der Waals surface area contributed by atoms with Gasteiger partial charge >= 0.3 is 0 Å². The smallest absolute Gasteiger partial charge is 0.279 e. The van der Waals surface area contributed by atoms with Gasteiger partial charge in [0.25, 0.3) is 5.11 Å². The summed E-state index contributed by atoms with van der Waals surface area (Å²) in [6.45, 7) is 2.45. The molecule has 1 fully saturated rings. The van der Waals surface area contributed by atoms with Crippen molar-refractivity contribution in [1.82, 2.24) is 19.4 Å². The second-order valence-corrected chi connectivity index (χ2v) is 11.6. The van der Waals surface area contributed by atoms with Gasteiger partial charge < -0.3 is 29.2 Å². The molecule has 0 amide bonds. The molecule has 5 aromatic rings. The summed E-state index contributed by atoms with van der Waals surface area (Å²) in [7, 11) is 6.50. The Bertz CT molecular complexity index is 1910. The number of pyridine rings is 2. The van der Waals surface area contributed by atoms with Crippen LogP contribution in [0.25, 0.3) is 21.8 Å². The van der Waals surface area contributed by atoms with E-state index in [4.69, 9.17) is 48.4 Å². The standard InChI is InChI=1S/C34H34N6O4S2/c1-41-25-19-24(20-26(21-25)42-2)40(34(46)38-30-18-23-10-6-8-12-28(23)36-32(30)44-4)15-13-39(14-16-40)33(45)37-29-17-22-9-5-7-11-27(22)35-31(29)43-3/h5-12,17-21H,13-16H2,1-4H3,(H-,37,38,45,46)/p+1. The maximum atomic E-state index is 6.23. The Labute approximate surface area is 278 Å². The molecule has 0 aliphatic carbocycles. The summed E-state index contributed by atoms with van der Waals surface area (Å²) >= 11 is 12.1. The molecule has 1 aliphatic rings. The lowest BCUT2D eigenvalue weighted by molar-refractivity contribution is 0.261. The fourth-order valence-corrected chi connectivity index (χ4v) is 6.42. The number of anilines is 2. The van der Waals surface area contributed by atoms with Gasteiger partial charge in [0.1, 0.15) is 41.7 Å². The lowest BCUT2D eigenvalue weighted by Gasteiger charge is -2.44. The van der Waals surface area contributed by atoms with Crippen molar-refractivity contribution < 1.29 is 18.9 Å². The predicted molar refractivity (Wildman–Crippen MR) is 192 cm³/mol. The molecule has 2 aromatic heterocycles. The van der Waals surface area contributed by atoms with E-state index in [1.165, 1.54) is 0 Å². The van der Waals surface area contributed by atoms with Gasteiger partial charge in [-0.05, 0) is 36.5 Å². The molecule has 0 unspecified atom stereocenters. The number of aromatic nitrogens is 2. The van der Waals surface area contributed by atoms with E-state index in [1.807, 2.05) is 78.9 Å². The maximum absolute atomic E-state index is 6.23. The van der Waals surface area contributed by atoms with Crippen LogP contribution in [0.4, 0.5) is 17.1 Å². The van der Waals surface area contributed by atoms with Crippen molar-refractivity contribution in [3.8, 4) is 23.3 Å². The first-order chi connectivity index (χ1) is 22.4. The van der Waals surface area contributed by atoms with Crippen molar-refractivity contribution in [2.24, 2.45) is 0 Å². The Morgan fingerprint density at radius 3 is 1.67 bits per heavy atom. The zero-order valence-corrected chi connectivity index (χ0v) is 27.7. The number of para-hydroxylation sites is 2. The van der Waals surface area contributed by atoms with E-state index < -0.39 is 0 Å². The number of thiocarbonyl (C=S) groups is 2. The zero-order valence-electron chi connectivity index (χ0n) is 26.1. The molecule has 1 saturated heterocycles. The fraction of sp³-hybridized carbons (Fsp3) is 0.235. The van der Waals surface area contributed by atoms with Gasteiger partial charge in [0.2, 0.25) is 11.8 Å². The maximum Gasteiger partial charge on any atom is 0.279 e. The highest BCUT2D eigenvalue weighted by molar-refractivity contribution is 7.80. The number of hydrogen-bond donors (Lipinski definition) is 2. The van der Waals surface area contributed by atoms with Gasteiger partial charge in [0.15, 0.2) is 5.11 Å². The van der Waals surface area contributed by atoms with E-state index in [2.05, 4.69) is 20.5 Å². The third-order valence-corrected chi connectivity index (χ3v) is 9.07. The van der Waals surface area contributed by atoms with Crippen LogP contribution in [0.5, 0.6) is 23.3 Å². The second kappa shape index (κ2) is 13.3. The molecule has 0 saturated carbocycles. The van der Waals surface area contributed by atoms with Gasteiger partial charge in [-0.3, -0.25) is 5.32 Å². The Morgan fingerprint density at radius 1 is 0.674 bits per heavy atom. The quantitative estimate of drug-likeness (QED) is 0.154. The lowest BCUT2D eigenvalue weighted by Crippen LogP contribution is -2.66. The number of piperazine rings is 1. The molecular formula is C34H35N6O4S2+. The third-order valence-electron chi connectivity index (χ3n) is 8.26. The van der Waals surface area contributed by atoms with E-state index in [0.29, 0.717) is 75.5 Å². The van der Waals surface area contributed by atoms with Crippen LogP contribution in [0.2, 0.25) is 0 Å². The molecule has 46 heavy (non-hydrogen) atoms. The minimum atomic E-state index is 0.332. The third kappa shape index (κ3) is 6.06. The van der Waals surface area contributed by atoms with Crippen molar-refractivity contribution >= 4 is 73.5 Å². The molecule has 0 spiro atoms. The van der Waals surface area contributed by atoms with Crippen molar-refractivity contribution in [3.63, 3.8) is 0 Å². The van der Waals surface area contributed by atoms with Gasteiger partial charge in [-0.25, -0.2) is 14.5 Å². The van der Waals surface area contributed by atoms with E-state index >= 15 is 0 Å². The van der Waals surface area contributed by atoms with E-state index in [1.54, 1.807) is 28.4 Å². The molecule has 0 bridgehead atoms. The van der Waals surface area contributed by atoms with Gasteiger partial charge in [-0.2, -0.15) is 0 Å². The summed E-state index contributed by atoms with van der Waals surface area (Å²) in [6.07, 6.45) is 0. The Balaban J connectivity index is 1.30. The number of ether oxygens (including phenoxy) is 4. The highest BCUT2D eigenvalue weighted by Gasteiger charge is 2.42.